The summed E-state index contributed by atoms with van der Waals surface area (Å²) in [6, 6.07) is 0.477. The lowest BCUT2D eigenvalue weighted by molar-refractivity contribution is -0.123. The number of nitrogens with zero attached hydrogens (tertiary/aromatic N) is 1. The fraction of sp³-hybridized carbons (Fsp3) is 0.909. The number of amides is 1. The molecule has 2 fully saturated rings. The molecule has 1 aliphatic carbocycles. The molecule has 2 rings (SSSR count). The summed E-state index contributed by atoms with van der Waals surface area (Å²) in [5, 5.41) is 6.34. The predicted molar refractivity (Wildman–Crippen MR) is 59.6 cm³/mol. The first-order valence-electron chi connectivity index (χ1n) is 5.97. The number of nitrogens with one attached hydrogen (secondary N) is 2. The van der Waals surface area contributed by atoms with Gasteiger partial charge >= 0.3 is 0 Å². The Bertz CT molecular complexity index is 228. The van der Waals surface area contributed by atoms with E-state index in [0.29, 0.717) is 12.6 Å². The van der Waals surface area contributed by atoms with E-state index in [9.17, 15) is 4.79 Å². The second kappa shape index (κ2) is 4.94. The summed E-state index contributed by atoms with van der Waals surface area (Å²) < 4.78 is 0. The molecule has 1 unspecified atom stereocenters. The lowest BCUT2D eigenvalue weighted by Gasteiger charge is -2.33. The van der Waals surface area contributed by atoms with E-state index in [1.54, 1.807) is 0 Å². The minimum atomic E-state index is 0.190. The van der Waals surface area contributed by atoms with Crippen LogP contribution in [0.25, 0.3) is 0 Å². The van der Waals surface area contributed by atoms with Gasteiger partial charge in [0.2, 0.25) is 5.91 Å². The second-order valence-corrected chi connectivity index (χ2v) is 4.77. The molecule has 0 spiro atoms. The van der Waals surface area contributed by atoms with Gasteiger partial charge in [-0.25, -0.2) is 0 Å². The molecule has 0 radical (unpaired) electrons. The number of carbonyl (C=O) groups is 1. The molecule has 2 N–H and O–H groups in total. The standard InChI is InChI=1S/C11H21N3O/c1-9-6-12-4-5-14(9)8-11(15)13-7-10-2-3-10/h9-10,12H,2-8H2,1H3,(H,13,15). The van der Waals surface area contributed by atoms with Crippen LogP contribution in [0.3, 0.4) is 0 Å². The van der Waals surface area contributed by atoms with Crippen molar-refractivity contribution in [1.82, 2.24) is 15.5 Å². The molecule has 0 bridgehead atoms. The maximum absolute atomic E-state index is 11.6. The van der Waals surface area contributed by atoms with Crippen molar-refractivity contribution in [3.63, 3.8) is 0 Å². The summed E-state index contributed by atoms with van der Waals surface area (Å²) in [4.78, 5) is 13.9. The first-order valence-corrected chi connectivity index (χ1v) is 5.97. The van der Waals surface area contributed by atoms with Gasteiger partial charge in [-0.05, 0) is 25.7 Å². The number of carbonyl (C=O) groups excluding carboxylic acids is 1. The number of hydrogen-bond acceptors (Lipinski definition) is 3. The van der Waals surface area contributed by atoms with Gasteiger partial charge < -0.3 is 10.6 Å². The molecule has 1 amide bonds. The molecule has 1 aliphatic heterocycles. The molecule has 2 aliphatic rings. The van der Waals surface area contributed by atoms with Crippen LogP contribution in [0, 0.1) is 5.92 Å². The molecular formula is C11H21N3O. The monoisotopic (exact) mass is 211 g/mol. The van der Waals surface area contributed by atoms with Gasteiger partial charge in [-0.1, -0.05) is 0 Å². The van der Waals surface area contributed by atoms with Gasteiger partial charge in [-0.2, -0.15) is 0 Å². The molecule has 0 aromatic rings. The van der Waals surface area contributed by atoms with Crippen LogP contribution in [0.2, 0.25) is 0 Å². The number of piperazine rings is 1. The highest BCUT2D eigenvalue weighted by atomic mass is 16.2. The molecule has 1 atom stereocenters. The first kappa shape index (κ1) is 10.9. The molecule has 0 aromatic heterocycles. The second-order valence-electron chi connectivity index (χ2n) is 4.77. The van der Waals surface area contributed by atoms with Crippen molar-refractivity contribution in [3.8, 4) is 0 Å². The van der Waals surface area contributed by atoms with Crippen LogP contribution in [0.5, 0.6) is 0 Å². The molecule has 4 nitrogen and oxygen atoms in total. The zero-order chi connectivity index (χ0) is 10.7. The minimum absolute atomic E-state index is 0.190. The van der Waals surface area contributed by atoms with Crippen LogP contribution in [-0.4, -0.2) is 49.6 Å². The van der Waals surface area contributed by atoms with Gasteiger partial charge in [0.25, 0.3) is 0 Å². The van der Waals surface area contributed by atoms with Crippen LogP contribution >= 0.6 is 0 Å². The summed E-state index contributed by atoms with van der Waals surface area (Å²) in [7, 11) is 0. The van der Waals surface area contributed by atoms with E-state index in [1.807, 2.05) is 0 Å². The van der Waals surface area contributed by atoms with Gasteiger partial charge in [0, 0.05) is 32.2 Å². The number of rotatable bonds is 4. The molecule has 1 saturated heterocycles. The Morgan fingerprint density at radius 1 is 1.53 bits per heavy atom. The first-order chi connectivity index (χ1) is 7.25. The third-order valence-electron chi connectivity index (χ3n) is 3.27. The Labute approximate surface area is 91.4 Å². The summed E-state index contributed by atoms with van der Waals surface area (Å²) in [5.74, 6) is 0.963. The summed E-state index contributed by atoms with van der Waals surface area (Å²) >= 11 is 0. The van der Waals surface area contributed by atoms with Crippen molar-refractivity contribution in [3.05, 3.63) is 0 Å². The zero-order valence-corrected chi connectivity index (χ0v) is 9.46. The average molecular weight is 211 g/mol. The molecule has 0 aromatic carbocycles. The summed E-state index contributed by atoms with van der Waals surface area (Å²) in [6.45, 7) is 6.60. The third-order valence-corrected chi connectivity index (χ3v) is 3.27. The van der Waals surface area contributed by atoms with Gasteiger partial charge in [-0.15, -0.1) is 0 Å². The van der Waals surface area contributed by atoms with E-state index in [4.69, 9.17) is 0 Å². The van der Waals surface area contributed by atoms with Crippen molar-refractivity contribution in [2.24, 2.45) is 5.92 Å². The SMILES string of the molecule is CC1CNCCN1CC(=O)NCC1CC1. The van der Waals surface area contributed by atoms with Crippen LogP contribution in [-0.2, 0) is 4.79 Å². The minimum Gasteiger partial charge on any atom is -0.355 e. The Hall–Kier alpha value is -0.610. The van der Waals surface area contributed by atoms with Gasteiger partial charge in [-0.3, -0.25) is 9.69 Å². The average Bonchev–Trinajstić information content (AvgIpc) is 3.02. The zero-order valence-electron chi connectivity index (χ0n) is 9.46. The summed E-state index contributed by atoms with van der Waals surface area (Å²) in [6.07, 6.45) is 2.59. The third kappa shape index (κ3) is 3.47. The normalized spacial score (nSPS) is 27.7. The van der Waals surface area contributed by atoms with E-state index >= 15 is 0 Å². The maximum Gasteiger partial charge on any atom is 0.234 e. The molecule has 86 valence electrons. The van der Waals surface area contributed by atoms with Gasteiger partial charge in [0.1, 0.15) is 0 Å². The van der Waals surface area contributed by atoms with E-state index in [0.717, 1.165) is 32.1 Å². The predicted octanol–water partition coefficient (Wildman–Crippen LogP) is -0.194. The Morgan fingerprint density at radius 2 is 2.33 bits per heavy atom. The van der Waals surface area contributed by atoms with Gasteiger partial charge in [0.05, 0.1) is 6.54 Å². The fourth-order valence-corrected chi connectivity index (χ4v) is 1.94. The van der Waals surface area contributed by atoms with E-state index < -0.39 is 0 Å². The van der Waals surface area contributed by atoms with Crippen molar-refractivity contribution in [2.75, 3.05) is 32.7 Å². The maximum atomic E-state index is 11.6. The van der Waals surface area contributed by atoms with E-state index in [2.05, 4.69) is 22.5 Å². The highest BCUT2D eigenvalue weighted by Crippen LogP contribution is 2.27. The smallest absolute Gasteiger partial charge is 0.234 e. The lowest BCUT2D eigenvalue weighted by atomic mass is 10.2. The Kier molecular flexibility index (Phi) is 3.59. The van der Waals surface area contributed by atoms with E-state index in [1.165, 1.54) is 12.8 Å². The fourth-order valence-electron chi connectivity index (χ4n) is 1.94. The van der Waals surface area contributed by atoms with Gasteiger partial charge in [0.15, 0.2) is 0 Å². The van der Waals surface area contributed by atoms with Crippen LogP contribution in [0.1, 0.15) is 19.8 Å². The molecule has 1 saturated carbocycles. The lowest BCUT2D eigenvalue weighted by Crippen LogP contribution is -2.52. The van der Waals surface area contributed by atoms with E-state index in [-0.39, 0.29) is 5.91 Å². The van der Waals surface area contributed by atoms with Crippen LogP contribution in [0.4, 0.5) is 0 Å². The Morgan fingerprint density at radius 3 is 3.00 bits per heavy atom. The molecule has 1 heterocycles. The van der Waals surface area contributed by atoms with Crippen molar-refractivity contribution >= 4 is 5.91 Å². The highest BCUT2D eigenvalue weighted by molar-refractivity contribution is 5.78. The summed E-state index contributed by atoms with van der Waals surface area (Å²) in [5.41, 5.74) is 0. The van der Waals surface area contributed by atoms with Crippen LogP contribution < -0.4 is 10.6 Å². The van der Waals surface area contributed by atoms with Crippen molar-refractivity contribution in [1.29, 1.82) is 0 Å². The highest BCUT2D eigenvalue weighted by Gasteiger charge is 2.23. The number of hydrogen-bond donors (Lipinski definition) is 2. The van der Waals surface area contributed by atoms with Crippen LogP contribution in [0.15, 0.2) is 0 Å². The van der Waals surface area contributed by atoms with Crippen molar-refractivity contribution in [2.45, 2.75) is 25.8 Å². The quantitative estimate of drug-likeness (QED) is 0.677. The largest absolute Gasteiger partial charge is 0.355 e. The Balaban J connectivity index is 1.66. The molecule has 4 heteroatoms. The van der Waals surface area contributed by atoms with Crippen molar-refractivity contribution < 1.29 is 4.79 Å². The molecule has 15 heavy (non-hydrogen) atoms. The molecular weight excluding hydrogens is 190 g/mol. The topological polar surface area (TPSA) is 44.4 Å².